The van der Waals surface area contributed by atoms with E-state index in [0.717, 1.165) is 22.4 Å². The molecule has 0 saturated carbocycles. The summed E-state index contributed by atoms with van der Waals surface area (Å²) in [6.07, 6.45) is 1.65. The highest BCUT2D eigenvalue weighted by Crippen LogP contribution is 2.10. The number of hydrogen-bond acceptors (Lipinski definition) is 3. The zero-order valence-electron chi connectivity index (χ0n) is 11.1. The number of rotatable bonds is 5. The Balaban J connectivity index is 1.77. The van der Waals surface area contributed by atoms with Crippen LogP contribution in [-0.2, 0) is 19.6 Å². The van der Waals surface area contributed by atoms with E-state index in [2.05, 4.69) is 36.8 Å². The first kappa shape index (κ1) is 14.5. The summed E-state index contributed by atoms with van der Waals surface area (Å²) in [5.74, 6) is 0.742. The van der Waals surface area contributed by atoms with Crippen molar-refractivity contribution in [2.75, 3.05) is 0 Å². The molecule has 0 spiro atoms. The summed E-state index contributed by atoms with van der Waals surface area (Å²) in [6, 6.07) is 7.58. The van der Waals surface area contributed by atoms with Crippen molar-refractivity contribution in [1.29, 1.82) is 0 Å². The van der Waals surface area contributed by atoms with Gasteiger partial charge in [-0.15, -0.1) is 10.2 Å². The van der Waals surface area contributed by atoms with Crippen LogP contribution in [0.2, 0.25) is 0 Å². The molecule has 0 unspecified atom stereocenters. The lowest BCUT2D eigenvalue weighted by Gasteiger charge is -2.08. The molecule has 0 atom stereocenters. The fraction of sp³-hybridized carbons (Fsp3) is 0.308. The van der Waals surface area contributed by atoms with Crippen molar-refractivity contribution in [3.8, 4) is 0 Å². The Hall–Kier alpha value is -1.89. The molecule has 1 heterocycles. The van der Waals surface area contributed by atoms with Gasteiger partial charge in [-0.1, -0.05) is 28.1 Å². The second-order valence-electron chi connectivity index (χ2n) is 4.20. The van der Waals surface area contributed by atoms with E-state index >= 15 is 0 Å². The summed E-state index contributed by atoms with van der Waals surface area (Å²) in [5, 5.41) is 13.3. The predicted molar refractivity (Wildman–Crippen MR) is 78.9 cm³/mol. The Morgan fingerprint density at radius 1 is 1.25 bits per heavy atom. The van der Waals surface area contributed by atoms with Crippen LogP contribution in [0.1, 0.15) is 18.3 Å². The molecule has 2 N–H and O–H groups in total. The van der Waals surface area contributed by atoms with E-state index in [-0.39, 0.29) is 6.03 Å². The van der Waals surface area contributed by atoms with Crippen LogP contribution in [-0.4, -0.2) is 20.8 Å². The number of hydrogen-bond donors (Lipinski definition) is 2. The maximum atomic E-state index is 11.7. The Morgan fingerprint density at radius 2 is 1.95 bits per heavy atom. The fourth-order valence-corrected chi connectivity index (χ4v) is 1.95. The first-order chi connectivity index (χ1) is 9.69. The Labute approximate surface area is 125 Å². The Kier molecular flexibility index (Phi) is 5.11. The minimum Gasteiger partial charge on any atom is -0.334 e. The summed E-state index contributed by atoms with van der Waals surface area (Å²) < 4.78 is 2.90. The van der Waals surface area contributed by atoms with Crippen LogP contribution in [0.25, 0.3) is 0 Å². The van der Waals surface area contributed by atoms with E-state index in [1.165, 1.54) is 0 Å². The molecule has 0 radical (unpaired) electrons. The summed E-state index contributed by atoms with van der Waals surface area (Å²) in [5.41, 5.74) is 1.04. The standard InChI is InChI=1S/C13H16BrN5O/c1-2-19-9-17-18-12(19)8-16-13(20)15-7-10-3-5-11(14)6-4-10/h3-6,9H,2,7-8H2,1H3,(H2,15,16,20). The zero-order chi connectivity index (χ0) is 14.4. The number of aryl methyl sites for hydroxylation is 1. The van der Waals surface area contributed by atoms with Gasteiger partial charge >= 0.3 is 6.03 Å². The maximum Gasteiger partial charge on any atom is 0.315 e. The molecule has 0 aliphatic heterocycles. The molecule has 20 heavy (non-hydrogen) atoms. The number of halogens is 1. The van der Waals surface area contributed by atoms with Gasteiger partial charge in [0.05, 0.1) is 6.54 Å². The van der Waals surface area contributed by atoms with Crippen LogP contribution in [0.4, 0.5) is 4.79 Å². The molecule has 0 fully saturated rings. The van der Waals surface area contributed by atoms with E-state index in [4.69, 9.17) is 0 Å². The lowest BCUT2D eigenvalue weighted by Crippen LogP contribution is -2.35. The molecular weight excluding hydrogens is 322 g/mol. The highest BCUT2D eigenvalue weighted by Gasteiger charge is 2.05. The van der Waals surface area contributed by atoms with Gasteiger partial charge in [-0.25, -0.2) is 4.79 Å². The van der Waals surface area contributed by atoms with Crippen LogP contribution in [0.15, 0.2) is 35.1 Å². The molecule has 0 saturated heterocycles. The molecule has 7 heteroatoms. The molecule has 1 aromatic carbocycles. The second kappa shape index (κ2) is 7.04. The van der Waals surface area contributed by atoms with E-state index in [0.29, 0.717) is 13.1 Å². The first-order valence-corrected chi connectivity index (χ1v) is 7.11. The van der Waals surface area contributed by atoms with Gasteiger partial charge in [0.2, 0.25) is 0 Å². The Morgan fingerprint density at radius 3 is 2.65 bits per heavy atom. The smallest absolute Gasteiger partial charge is 0.315 e. The lowest BCUT2D eigenvalue weighted by molar-refractivity contribution is 0.239. The molecule has 0 aliphatic rings. The van der Waals surface area contributed by atoms with Crippen molar-refractivity contribution in [3.05, 3.63) is 46.5 Å². The largest absolute Gasteiger partial charge is 0.334 e. The van der Waals surface area contributed by atoms with Gasteiger partial charge in [0.25, 0.3) is 0 Å². The van der Waals surface area contributed by atoms with Gasteiger partial charge in [0, 0.05) is 17.6 Å². The highest BCUT2D eigenvalue weighted by atomic mass is 79.9. The number of carbonyl (C=O) groups is 1. The van der Waals surface area contributed by atoms with Crippen LogP contribution >= 0.6 is 15.9 Å². The third kappa shape index (κ3) is 4.06. The number of nitrogens with one attached hydrogen (secondary N) is 2. The molecule has 2 amide bonds. The molecule has 0 bridgehead atoms. The minimum atomic E-state index is -0.224. The average Bonchev–Trinajstić information content (AvgIpc) is 2.92. The molecular formula is C13H16BrN5O. The highest BCUT2D eigenvalue weighted by molar-refractivity contribution is 9.10. The summed E-state index contributed by atoms with van der Waals surface area (Å²) in [6.45, 7) is 3.63. The number of nitrogens with zero attached hydrogens (tertiary/aromatic N) is 3. The van der Waals surface area contributed by atoms with Gasteiger partial charge in [-0.05, 0) is 24.6 Å². The molecule has 1 aromatic heterocycles. The first-order valence-electron chi connectivity index (χ1n) is 6.32. The average molecular weight is 338 g/mol. The zero-order valence-corrected chi connectivity index (χ0v) is 12.7. The van der Waals surface area contributed by atoms with Crippen molar-refractivity contribution < 1.29 is 4.79 Å². The minimum absolute atomic E-state index is 0.224. The summed E-state index contributed by atoms with van der Waals surface area (Å²) in [4.78, 5) is 11.7. The third-order valence-corrected chi connectivity index (χ3v) is 3.34. The quantitative estimate of drug-likeness (QED) is 0.877. The van der Waals surface area contributed by atoms with Crippen molar-refractivity contribution in [1.82, 2.24) is 25.4 Å². The van der Waals surface area contributed by atoms with Crippen molar-refractivity contribution in [2.24, 2.45) is 0 Å². The van der Waals surface area contributed by atoms with Gasteiger partial charge in [-0.2, -0.15) is 0 Å². The molecule has 106 valence electrons. The molecule has 2 aromatic rings. The SMILES string of the molecule is CCn1cnnc1CNC(=O)NCc1ccc(Br)cc1. The lowest BCUT2D eigenvalue weighted by atomic mass is 10.2. The van der Waals surface area contributed by atoms with E-state index < -0.39 is 0 Å². The number of urea groups is 1. The maximum absolute atomic E-state index is 11.7. The predicted octanol–water partition coefficient (Wildman–Crippen LogP) is 2.06. The van der Waals surface area contributed by atoms with Crippen LogP contribution in [0.3, 0.4) is 0 Å². The number of carbonyl (C=O) groups excluding carboxylic acids is 1. The monoisotopic (exact) mass is 337 g/mol. The summed E-state index contributed by atoms with van der Waals surface area (Å²) in [7, 11) is 0. The van der Waals surface area contributed by atoms with Gasteiger partial charge in [0.1, 0.15) is 6.33 Å². The van der Waals surface area contributed by atoms with Crippen LogP contribution in [0, 0.1) is 0 Å². The summed E-state index contributed by atoms with van der Waals surface area (Å²) >= 11 is 3.37. The number of benzene rings is 1. The molecule has 2 rings (SSSR count). The van der Waals surface area contributed by atoms with Crippen LogP contribution in [0.5, 0.6) is 0 Å². The van der Waals surface area contributed by atoms with Crippen molar-refractivity contribution in [3.63, 3.8) is 0 Å². The molecule has 6 nitrogen and oxygen atoms in total. The molecule has 0 aliphatic carbocycles. The normalized spacial score (nSPS) is 10.3. The van der Waals surface area contributed by atoms with E-state index in [9.17, 15) is 4.79 Å². The Bertz CT molecular complexity index is 566. The van der Waals surface area contributed by atoms with Gasteiger partial charge in [-0.3, -0.25) is 0 Å². The second-order valence-corrected chi connectivity index (χ2v) is 5.11. The van der Waals surface area contributed by atoms with Gasteiger partial charge < -0.3 is 15.2 Å². The number of aromatic nitrogens is 3. The van der Waals surface area contributed by atoms with Crippen molar-refractivity contribution >= 4 is 22.0 Å². The van der Waals surface area contributed by atoms with E-state index in [1.807, 2.05) is 35.8 Å². The van der Waals surface area contributed by atoms with E-state index in [1.54, 1.807) is 6.33 Å². The number of amides is 2. The van der Waals surface area contributed by atoms with Crippen LogP contribution < -0.4 is 10.6 Å². The van der Waals surface area contributed by atoms with Gasteiger partial charge in [0.15, 0.2) is 5.82 Å². The third-order valence-electron chi connectivity index (χ3n) is 2.81. The fourth-order valence-electron chi connectivity index (χ4n) is 1.69. The topological polar surface area (TPSA) is 71.8 Å². The van der Waals surface area contributed by atoms with Crippen molar-refractivity contribution in [2.45, 2.75) is 26.6 Å².